The lowest BCUT2D eigenvalue weighted by Crippen LogP contribution is -2.29. The van der Waals surface area contributed by atoms with E-state index in [0.29, 0.717) is 18.9 Å². The smallest absolute Gasteiger partial charge is 0.240 e. The number of benzene rings is 1. The van der Waals surface area contributed by atoms with Crippen molar-refractivity contribution in [2.45, 2.75) is 11.3 Å². The van der Waals surface area contributed by atoms with Crippen LogP contribution in [0.5, 0.6) is 5.75 Å². The van der Waals surface area contributed by atoms with Crippen LogP contribution < -0.4 is 9.46 Å². The molecule has 0 bridgehead atoms. The first-order valence-corrected chi connectivity index (χ1v) is 7.31. The summed E-state index contributed by atoms with van der Waals surface area (Å²) < 4.78 is 36.8. The lowest BCUT2D eigenvalue weighted by Gasteiger charge is -2.10. The van der Waals surface area contributed by atoms with Gasteiger partial charge >= 0.3 is 0 Å². The maximum Gasteiger partial charge on any atom is 0.240 e. The summed E-state index contributed by atoms with van der Waals surface area (Å²) in [6, 6.07) is 6.33. The van der Waals surface area contributed by atoms with E-state index in [1.165, 1.54) is 12.1 Å². The Balaban J connectivity index is 2.00. The Bertz CT molecular complexity index is 477. The second kappa shape index (κ2) is 5.69. The first-order chi connectivity index (χ1) is 8.62. The van der Waals surface area contributed by atoms with E-state index in [0.717, 1.165) is 13.0 Å². The summed E-state index contributed by atoms with van der Waals surface area (Å²) in [4.78, 5) is 0.252. The summed E-state index contributed by atoms with van der Waals surface area (Å²) in [6.07, 6.45) is 0.908. The van der Waals surface area contributed by atoms with Crippen LogP contribution in [-0.2, 0) is 14.8 Å². The molecule has 2 rings (SSSR count). The molecule has 1 aromatic rings. The van der Waals surface area contributed by atoms with Crippen LogP contribution in [-0.4, -0.2) is 35.3 Å². The number of ether oxygens (including phenoxy) is 2. The zero-order valence-electron chi connectivity index (χ0n) is 10.3. The first-order valence-electron chi connectivity index (χ1n) is 5.83. The lowest BCUT2D eigenvalue weighted by atomic mass is 10.1. The van der Waals surface area contributed by atoms with Crippen molar-refractivity contribution in [2.75, 3.05) is 26.9 Å². The fourth-order valence-electron chi connectivity index (χ4n) is 1.81. The maximum atomic E-state index is 12.0. The SMILES string of the molecule is COc1ccc(S(=O)(=O)NC[C@@H]2CCOC2)cc1. The van der Waals surface area contributed by atoms with E-state index >= 15 is 0 Å². The van der Waals surface area contributed by atoms with Gasteiger partial charge in [-0.25, -0.2) is 13.1 Å². The van der Waals surface area contributed by atoms with Crippen molar-refractivity contribution in [1.29, 1.82) is 0 Å². The summed E-state index contributed by atoms with van der Waals surface area (Å²) in [5, 5.41) is 0. The molecule has 1 aliphatic heterocycles. The Morgan fingerprint density at radius 2 is 2.11 bits per heavy atom. The van der Waals surface area contributed by atoms with Crippen molar-refractivity contribution >= 4 is 10.0 Å². The van der Waals surface area contributed by atoms with E-state index in [2.05, 4.69) is 4.72 Å². The monoisotopic (exact) mass is 271 g/mol. The highest BCUT2D eigenvalue weighted by molar-refractivity contribution is 7.89. The van der Waals surface area contributed by atoms with Gasteiger partial charge in [0.05, 0.1) is 18.6 Å². The van der Waals surface area contributed by atoms with Crippen molar-refractivity contribution in [1.82, 2.24) is 4.72 Å². The minimum Gasteiger partial charge on any atom is -0.497 e. The average molecular weight is 271 g/mol. The molecule has 1 saturated heterocycles. The molecule has 5 nitrogen and oxygen atoms in total. The largest absolute Gasteiger partial charge is 0.497 e. The minimum atomic E-state index is -3.43. The van der Waals surface area contributed by atoms with E-state index in [4.69, 9.17) is 9.47 Å². The molecule has 0 amide bonds. The van der Waals surface area contributed by atoms with Crippen LogP contribution in [0.1, 0.15) is 6.42 Å². The van der Waals surface area contributed by atoms with Crippen LogP contribution in [0.3, 0.4) is 0 Å². The third-order valence-electron chi connectivity index (χ3n) is 2.96. The predicted molar refractivity (Wildman–Crippen MR) is 67.1 cm³/mol. The van der Waals surface area contributed by atoms with Crippen LogP contribution in [0.2, 0.25) is 0 Å². The van der Waals surface area contributed by atoms with Gasteiger partial charge in [-0.2, -0.15) is 0 Å². The van der Waals surface area contributed by atoms with Gasteiger partial charge < -0.3 is 9.47 Å². The summed E-state index contributed by atoms with van der Waals surface area (Å²) >= 11 is 0. The Morgan fingerprint density at radius 3 is 2.67 bits per heavy atom. The number of hydrogen-bond donors (Lipinski definition) is 1. The maximum absolute atomic E-state index is 12.0. The van der Waals surface area contributed by atoms with Crippen molar-refractivity contribution in [3.63, 3.8) is 0 Å². The standard InChI is InChI=1S/C12H17NO4S/c1-16-11-2-4-12(5-3-11)18(14,15)13-8-10-6-7-17-9-10/h2-5,10,13H,6-9H2,1H3/t10-/m0/s1. The van der Waals surface area contributed by atoms with Crippen molar-refractivity contribution in [3.8, 4) is 5.75 Å². The Kier molecular flexibility index (Phi) is 4.21. The highest BCUT2D eigenvalue weighted by Crippen LogP contribution is 2.16. The first kappa shape index (κ1) is 13.3. The van der Waals surface area contributed by atoms with Crippen LogP contribution in [0.25, 0.3) is 0 Å². The van der Waals surface area contributed by atoms with Crippen molar-refractivity contribution in [3.05, 3.63) is 24.3 Å². The van der Waals surface area contributed by atoms with E-state index in [9.17, 15) is 8.42 Å². The van der Waals surface area contributed by atoms with Gasteiger partial charge in [0, 0.05) is 13.2 Å². The molecule has 100 valence electrons. The van der Waals surface area contributed by atoms with Gasteiger partial charge in [0.1, 0.15) is 5.75 Å². The number of nitrogens with one attached hydrogen (secondary N) is 1. The molecule has 0 saturated carbocycles. The highest BCUT2D eigenvalue weighted by Gasteiger charge is 2.20. The second-order valence-electron chi connectivity index (χ2n) is 4.26. The Labute approximate surface area is 107 Å². The molecule has 0 unspecified atom stereocenters. The average Bonchev–Trinajstić information content (AvgIpc) is 2.90. The molecule has 1 fully saturated rings. The molecule has 1 aromatic carbocycles. The van der Waals surface area contributed by atoms with E-state index in [1.54, 1.807) is 19.2 Å². The van der Waals surface area contributed by atoms with Gasteiger partial charge in [-0.15, -0.1) is 0 Å². The molecule has 0 aliphatic carbocycles. The minimum absolute atomic E-state index is 0.252. The number of hydrogen-bond acceptors (Lipinski definition) is 4. The molecule has 1 atom stereocenters. The number of methoxy groups -OCH3 is 1. The second-order valence-corrected chi connectivity index (χ2v) is 6.02. The van der Waals surface area contributed by atoms with Crippen LogP contribution in [0.15, 0.2) is 29.2 Å². The van der Waals surface area contributed by atoms with E-state index < -0.39 is 10.0 Å². The molecule has 0 radical (unpaired) electrons. The molecule has 18 heavy (non-hydrogen) atoms. The molecule has 1 aliphatic rings. The quantitative estimate of drug-likeness (QED) is 0.868. The molecule has 1 N–H and O–H groups in total. The molecular weight excluding hydrogens is 254 g/mol. The normalized spacial score (nSPS) is 19.9. The summed E-state index contributed by atoms with van der Waals surface area (Å²) in [5.74, 6) is 0.913. The summed E-state index contributed by atoms with van der Waals surface area (Å²) in [5.41, 5.74) is 0. The van der Waals surface area contributed by atoms with Crippen LogP contribution in [0, 0.1) is 5.92 Å². The Hall–Kier alpha value is -1.11. The third-order valence-corrected chi connectivity index (χ3v) is 4.40. The predicted octanol–water partition coefficient (Wildman–Crippen LogP) is 1.01. The van der Waals surface area contributed by atoms with Gasteiger partial charge in [0.25, 0.3) is 0 Å². The fraction of sp³-hybridized carbons (Fsp3) is 0.500. The molecule has 0 aromatic heterocycles. The molecule has 1 heterocycles. The van der Waals surface area contributed by atoms with Gasteiger partial charge in [0.2, 0.25) is 10.0 Å². The van der Waals surface area contributed by atoms with E-state index in [-0.39, 0.29) is 10.8 Å². The fourth-order valence-corrected chi connectivity index (χ4v) is 2.93. The van der Waals surface area contributed by atoms with Crippen molar-refractivity contribution < 1.29 is 17.9 Å². The van der Waals surface area contributed by atoms with Gasteiger partial charge in [-0.05, 0) is 36.6 Å². The van der Waals surface area contributed by atoms with Crippen LogP contribution >= 0.6 is 0 Å². The van der Waals surface area contributed by atoms with Gasteiger partial charge in [-0.3, -0.25) is 0 Å². The van der Waals surface area contributed by atoms with E-state index in [1.807, 2.05) is 0 Å². The number of rotatable bonds is 5. The third kappa shape index (κ3) is 3.22. The zero-order valence-corrected chi connectivity index (χ0v) is 11.1. The van der Waals surface area contributed by atoms with Gasteiger partial charge in [-0.1, -0.05) is 0 Å². The highest BCUT2D eigenvalue weighted by atomic mass is 32.2. The number of sulfonamides is 1. The molecule has 0 spiro atoms. The van der Waals surface area contributed by atoms with Crippen LogP contribution in [0.4, 0.5) is 0 Å². The molecular formula is C12H17NO4S. The lowest BCUT2D eigenvalue weighted by molar-refractivity contribution is 0.186. The zero-order chi connectivity index (χ0) is 13.0. The Morgan fingerprint density at radius 1 is 1.39 bits per heavy atom. The topological polar surface area (TPSA) is 64.6 Å². The van der Waals surface area contributed by atoms with Gasteiger partial charge in [0.15, 0.2) is 0 Å². The van der Waals surface area contributed by atoms with Crippen molar-refractivity contribution in [2.24, 2.45) is 5.92 Å². The molecule has 6 heteroatoms. The summed E-state index contributed by atoms with van der Waals surface area (Å²) in [7, 11) is -1.89. The summed E-state index contributed by atoms with van der Waals surface area (Å²) in [6.45, 7) is 1.77.